The summed E-state index contributed by atoms with van der Waals surface area (Å²) in [6.07, 6.45) is 0. The topological polar surface area (TPSA) is 148 Å². The molecule has 0 saturated heterocycles. The largest absolute Gasteiger partial charge is 0.489 e. The van der Waals surface area contributed by atoms with E-state index in [1.807, 2.05) is 97.1 Å². The van der Waals surface area contributed by atoms with Crippen molar-refractivity contribution in [2.45, 2.75) is 20.1 Å². The van der Waals surface area contributed by atoms with Crippen molar-refractivity contribution in [1.82, 2.24) is 9.97 Å². The van der Waals surface area contributed by atoms with Gasteiger partial charge in [-0.2, -0.15) is 0 Å². The van der Waals surface area contributed by atoms with Crippen molar-refractivity contribution in [2.24, 2.45) is 0 Å². The lowest BCUT2D eigenvalue weighted by Crippen LogP contribution is -2.30. The van der Waals surface area contributed by atoms with E-state index in [0.717, 1.165) is 36.4 Å². The molecule has 2 aromatic heterocycles. The molecule has 0 unspecified atom stereocenters. The zero-order valence-electron chi connectivity index (χ0n) is 31.0. The van der Waals surface area contributed by atoms with Crippen molar-refractivity contribution in [3.63, 3.8) is 0 Å². The molecule has 8 rings (SSSR count). The van der Waals surface area contributed by atoms with E-state index >= 15 is 0 Å². The van der Waals surface area contributed by atoms with E-state index in [9.17, 15) is 9.59 Å². The average Bonchev–Trinajstić information content (AvgIpc) is 3.94. The number of nitrogens with zero attached hydrogens (tertiary/aromatic N) is 2. The van der Waals surface area contributed by atoms with Crippen LogP contribution in [0.25, 0.3) is 32.7 Å². The fraction of sp³-hybridized carbons (Fsp3) is 0.0909. The van der Waals surface area contributed by atoms with Crippen LogP contribution >= 0.6 is 45.3 Å². The zero-order valence-corrected chi connectivity index (χ0v) is 34.8. The predicted octanol–water partition coefficient (Wildman–Crippen LogP) is 9.26. The second-order valence-electron chi connectivity index (χ2n) is 12.3. The number of halogens is 1. The molecular formula is C44H36BIN2O8S2. The molecule has 3 N–H and O–H groups in total. The van der Waals surface area contributed by atoms with Gasteiger partial charge in [-0.1, -0.05) is 97.1 Å². The maximum Gasteiger partial charge on any atom is 0.489 e. The van der Waals surface area contributed by atoms with Crippen molar-refractivity contribution in [2.75, 3.05) is 6.61 Å². The fourth-order valence-corrected chi connectivity index (χ4v) is 7.37. The van der Waals surface area contributed by atoms with E-state index in [1.165, 1.54) is 44.4 Å². The SMILES string of the molecule is CCOC(=O)c1csc(COc2ccc(I)cc2)n1.O=C(O)c1csc(COc2ccc(-c3cccc4ccccc34)cc2)n1.OB(O)c1cccc2ccccc12. The number of aromatic nitrogens is 2. The Kier molecular flexibility index (Phi) is 15.0. The molecule has 292 valence electrons. The number of carbonyl (C=O) groups is 2. The minimum absolute atomic E-state index is 0.0555. The van der Waals surface area contributed by atoms with Gasteiger partial charge >= 0.3 is 19.1 Å². The Balaban J connectivity index is 0.000000156. The highest BCUT2D eigenvalue weighted by molar-refractivity contribution is 14.1. The first kappa shape index (κ1) is 42.0. The molecule has 0 radical (unpaired) electrons. The number of benzene rings is 6. The average molecular weight is 923 g/mol. The number of carbonyl (C=O) groups excluding carboxylic acids is 1. The Labute approximate surface area is 356 Å². The summed E-state index contributed by atoms with van der Waals surface area (Å²) in [5.74, 6) is 0.0977. The second kappa shape index (κ2) is 20.7. The second-order valence-corrected chi connectivity index (χ2v) is 15.4. The molecule has 0 atom stereocenters. The van der Waals surface area contributed by atoms with E-state index in [2.05, 4.69) is 62.9 Å². The van der Waals surface area contributed by atoms with E-state index in [1.54, 1.807) is 18.4 Å². The number of ether oxygens (including phenoxy) is 3. The highest BCUT2D eigenvalue weighted by Crippen LogP contribution is 2.30. The summed E-state index contributed by atoms with van der Waals surface area (Å²) in [7, 11) is -1.40. The molecule has 2 heterocycles. The first-order valence-electron chi connectivity index (χ1n) is 17.9. The molecule has 6 aromatic carbocycles. The van der Waals surface area contributed by atoms with Crippen molar-refractivity contribution in [3.05, 3.63) is 169 Å². The Hall–Kier alpha value is -5.65. The van der Waals surface area contributed by atoms with E-state index < -0.39 is 13.1 Å². The normalized spacial score (nSPS) is 10.5. The van der Waals surface area contributed by atoms with Crippen LogP contribution in [0.2, 0.25) is 0 Å². The van der Waals surface area contributed by atoms with Gasteiger partial charge in [0.1, 0.15) is 34.7 Å². The molecule has 0 amide bonds. The maximum absolute atomic E-state index is 11.5. The van der Waals surface area contributed by atoms with Gasteiger partial charge in [0.05, 0.1) is 6.61 Å². The number of carboxylic acid groups (broad SMARTS) is 1. The molecule has 0 aliphatic rings. The molecule has 0 spiro atoms. The van der Waals surface area contributed by atoms with Crippen LogP contribution in [0.3, 0.4) is 0 Å². The Morgan fingerprint density at radius 3 is 1.76 bits per heavy atom. The summed E-state index contributed by atoms with van der Waals surface area (Å²) in [4.78, 5) is 30.5. The highest BCUT2D eigenvalue weighted by Gasteiger charge is 2.14. The van der Waals surface area contributed by atoms with Crippen LogP contribution in [-0.4, -0.2) is 50.8 Å². The van der Waals surface area contributed by atoms with Gasteiger partial charge in [-0.15, -0.1) is 22.7 Å². The van der Waals surface area contributed by atoms with Crippen molar-refractivity contribution in [3.8, 4) is 22.6 Å². The van der Waals surface area contributed by atoms with Gasteiger partial charge in [0.15, 0.2) is 11.4 Å². The van der Waals surface area contributed by atoms with Crippen LogP contribution in [-0.2, 0) is 18.0 Å². The Bertz CT molecular complexity index is 2590. The molecule has 14 heteroatoms. The number of hydrogen-bond acceptors (Lipinski definition) is 11. The molecule has 0 fully saturated rings. The zero-order chi connectivity index (χ0) is 40.9. The third kappa shape index (κ3) is 11.5. The standard InChI is InChI=1S/C21H15NO3S.C13H12INO3S.C10H9BO2/c23-21(24)19-13-26-20(22-19)12-25-16-10-8-15(9-11-16)18-7-3-5-14-4-1-2-6-17(14)18;1-2-17-13(16)11-8-19-12(15-11)7-18-10-5-3-9(14)4-6-10;12-11(13)10-7-3-5-8-4-1-2-6-9(8)10/h1-11,13H,12H2,(H,23,24);3-6,8H,2,7H2,1H3;1-7,12-13H. The molecule has 0 aliphatic carbocycles. The van der Waals surface area contributed by atoms with Crippen molar-refractivity contribution < 1.29 is 39.0 Å². The fourth-order valence-electron chi connectivity index (χ4n) is 5.66. The third-order valence-electron chi connectivity index (χ3n) is 8.40. The quantitative estimate of drug-likeness (QED) is 0.0652. The lowest BCUT2D eigenvalue weighted by atomic mass is 9.77. The van der Waals surface area contributed by atoms with Gasteiger partial charge in [-0.05, 0) is 104 Å². The van der Waals surface area contributed by atoms with Gasteiger partial charge in [0.2, 0.25) is 0 Å². The summed E-state index contributed by atoms with van der Waals surface area (Å²) in [6.45, 7) is 2.73. The Morgan fingerprint density at radius 2 is 1.17 bits per heavy atom. The smallest absolute Gasteiger partial charge is 0.486 e. The number of thiazole rings is 2. The highest BCUT2D eigenvalue weighted by atomic mass is 127. The van der Waals surface area contributed by atoms with Gasteiger partial charge in [-0.25, -0.2) is 19.6 Å². The number of fused-ring (bicyclic) bond motifs is 2. The van der Waals surface area contributed by atoms with E-state index in [0.29, 0.717) is 29.4 Å². The maximum atomic E-state index is 11.5. The van der Waals surface area contributed by atoms with E-state index in [-0.39, 0.29) is 18.3 Å². The molecule has 0 aliphatic heterocycles. The monoisotopic (exact) mass is 922 g/mol. The molecular weight excluding hydrogens is 886 g/mol. The predicted molar refractivity (Wildman–Crippen MR) is 238 cm³/mol. The Morgan fingerprint density at radius 1 is 0.655 bits per heavy atom. The molecule has 0 bridgehead atoms. The molecule has 10 nitrogen and oxygen atoms in total. The van der Waals surface area contributed by atoms with Crippen LogP contribution < -0.4 is 14.9 Å². The first-order valence-corrected chi connectivity index (χ1v) is 20.7. The summed E-state index contributed by atoms with van der Waals surface area (Å²) in [5, 5.41) is 36.0. The number of aromatic carboxylic acids is 1. The minimum atomic E-state index is -1.40. The first-order chi connectivity index (χ1) is 28.2. The lowest BCUT2D eigenvalue weighted by molar-refractivity contribution is 0.0519. The van der Waals surface area contributed by atoms with Crippen LogP contribution in [0.4, 0.5) is 0 Å². The molecule has 58 heavy (non-hydrogen) atoms. The van der Waals surface area contributed by atoms with Gasteiger partial charge in [0.25, 0.3) is 0 Å². The number of carboxylic acids is 1. The van der Waals surface area contributed by atoms with E-state index in [4.69, 9.17) is 29.4 Å². The van der Waals surface area contributed by atoms with Gasteiger partial charge < -0.3 is 29.4 Å². The summed E-state index contributed by atoms with van der Waals surface area (Å²) < 4.78 is 17.3. The summed E-state index contributed by atoms with van der Waals surface area (Å²) in [5.41, 5.74) is 3.25. The minimum Gasteiger partial charge on any atom is -0.486 e. The number of hydrogen-bond donors (Lipinski definition) is 3. The van der Waals surface area contributed by atoms with Crippen LogP contribution in [0.1, 0.15) is 37.9 Å². The molecule has 8 aromatic rings. The number of rotatable bonds is 11. The van der Waals surface area contributed by atoms with Gasteiger partial charge in [-0.3, -0.25) is 0 Å². The number of esters is 1. The summed E-state index contributed by atoms with van der Waals surface area (Å²) >= 11 is 4.91. The van der Waals surface area contributed by atoms with Crippen LogP contribution in [0.15, 0.2) is 144 Å². The lowest BCUT2D eigenvalue weighted by Gasteiger charge is -2.09. The third-order valence-corrected chi connectivity index (χ3v) is 10.8. The molecule has 0 saturated carbocycles. The van der Waals surface area contributed by atoms with Gasteiger partial charge in [0, 0.05) is 14.3 Å². The summed E-state index contributed by atoms with van der Waals surface area (Å²) in [6, 6.07) is 43.4. The van der Waals surface area contributed by atoms with Crippen molar-refractivity contribution >= 4 is 91.3 Å². The van der Waals surface area contributed by atoms with Crippen LogP contribution in [0, 0.1) is 3.57 Å². The van der Waals surface area contributed by atoms with Crippen LogP contribution in [0.5, 0.6) is 11.5 Å². The van der Waals surface area contributed by atoms with Crippen molar-refractivity contribution in [1.29, 1.82) is 0 Å².